The van der Waals surface area contributed by atoms with Gasteiger partial charge in [-0.2, -0.15) is 0 Å². The van der Waals surface area contributed by atoms with E-state index in [0.717, 1.165) is 10.1 Å². The molecule has 26 heavy (non-hydrogen) atoms. The third kappa shape index (κ3) is 4.42. The number of thioether (sulfide) groups is 1. The van der Waals surface area contributed by atoms with Gasteiger partial charge in [-0.05, 0) is 35.5 Å². The first-order valence-electron chi connectivity index (χ1n) is 8.13. The summed E-state index contributed by atoms with van der Waals surface area (Å²) in [6.45, 7) is 6.15. The molecule has 4 nitrogen and oxygen atoms in total. The molecular weight excluding hydrogens is 409 g/mol. The number of nitrogens with zero attached hydrogens (tertiary/aromatic N) is 2. The number of aryl methyl sites for hydroxylation is 1. The number of rotatable bonds is 6. The molecule has 1 N–H and O–H groups in total. The number of hydrogen-bond acceptors (Lipinski definition) is 5. The fourth-order valence-corrected chi connectivity index (χ4v) is 5.14. The highest BCUT2D eigenvalue weighted by molar-refractivity contribution is 8.00. The Balaban J connectivity index is 1.58. The Morgan fingerprint density at radius 2 is 2.08 bits per heavy atom. The zero-order valence-corrected chi connectivity index (χ0v) is 17.8. The van der Waals surface area contributed by atoms with E-state index in [1.807, 2.05) is 26.0 Å². The van der Waals surface area contributed by atoms with Crippen LogP contribution in [0.2, 0.25) is 0 Å². The van der Waals surface area contributed by atoms with Crippen LogP contribution in [-0.4, -0.2) is 16.1 Å². The van der Waals surface area contributed by atoms with Gasteiger partial charge >= 0.3 is 0 Å². The molecule has 0 saturated heterocycles. The smallest absolute Gasteiger partial charge is 0.230 e. The molecule has 2 unspecified atom stereocenters. The van der Waals surface area contributed by atoms with Crippen LogP contribution >= 0.6 is 46.3 Å². The van der Waals surface area contributed by atoms with E-state index in [9.17, 15) is 4.79 Å². The minimum absolute atomic E-state index is 0.0373. The van der Waals surface area contributed by atoms with Crippen molar-refractivity contribution in [3.05, 3.63) is 46.0 Å². The van der Waals surface area contributed by atoms with Gasteiger partial charge in [0, 0.05) is 5.75 Å². The van der Waals surface area contributed by atoms with Crippen molar-refractivity contribution in [3.63, 3.8) is 0 Å². The summed E-state index contributed by atoms with van der Waals surface area (Å²) in [7, 11) is 0. The number of aromatic nitrogens is 2. The molecule has 0 spiro atoms. The highest BCUT2D eigenvalue weighted by Gasteiger charge is 2.60. The number of carbonyl (C=O) groups excluding carboxylic acids is 1. The molecular formula is C18H19Cl2N3OS2. The number of allylic oxidation sites excluding steroid dienone is 1. The van der Waals surface area contributed by atoms with Crippen LogP contribution < -0.4 is 5.32 Å². The monoisotopic (exact) mass is 427 g/mol. The second-order valence-corrected chi connectivity index (χ2v) is 10.1. The molecule has 0 radical (unpaired) electrons. The summed E-state index contributed by atoms with van der Waals surface area (Å²) in [6.07, 6.45) is 1.73. The molecule has 1 aromatic carbocycles. The lowest BCUT2D eigenvalue weighted by Gasteiger charge is -2.03. The minimum atomic E-state index is -0.165. The van der Waals surface area contributed by atoms with E-state index >= 15 is 0 Å². The van der Waals surface area contributed by atoms with Gasteiger partial charge in [0.25, 0.3) is 0 Å². The molecule has 1 aliphatic carbocycles. The molecule has 1 amide bonds. The number of halogens is 2. The number of amides is 1. The maximum Gasteiger partial charge on any atom is 0.230 e. The van der Waals surface area contributed by atoms with E-state index in [0.29, 0.717) is 5.13 Å². The third-order valence-electron chi connectivity index (χ3n) is 4.75. The fourth-order valence-electron chi connectivity index (χ4n) is 3.04. The van der Waals surface area contributed by atoms with Crippen molar-refractivity contribution in [1.29, 1.82) is 0 Å². The normalized spacial score (nSPS) is 20.5. The van der Waals surface area contributed by atoms with Crippen LogP contribution in [0.15, 0.2) is 39.2 Å². The molecule has 2 atom stereocenters. The summed E-state index contributed by atoms with van der Waals surface area (Å²) in [5, 5.41) is 11.6. The summed E-state index contributed by atoms with van der Waals surface area (Å²) < 4.78 is 1.03. The molecule has 1 aromatic heterocycles. The molecule has 1 saturated carbocycles. The van der Waals surface area contributed by atoms with Crippen molar-refractivity contribution in [2.75, 3.05) is 5.32 Å². The van der Waals surface area contributed by atoms with Crippen molar-refractivity contribution in [2.45, 2.75) is 30.9 Å². The molecule has 3 rings (SSSR count). The molecule has 8 heteroatoms. The Hall–Kier alpha value is -1.08. The first-order chi connectivity index (χ1) is 12.3. The van der Waals surface area contributed by atoms with Gasteiger partial charge in [-0.1, -0.05) is 84.4 Å². The maximum absolute atomic E-state index is 12.5. The van der Waals surface area contributed by atoms with Crippen LogP contribution in [0.1, 0.15) is 25.0 Å². The Labute approximate surface area is 171 Å². The summed E-state index contributed by atoms with van der Waals surface area (Å²) in [4.78, 5) is 12.5. The summed E-state index contributed by atoms with van der Waals surface area (Å²) in [6, 6.07) is 8.26. The molecule has 1 fully saturated rings. The van der Waals surface area contributed by atoms with E-state index in [4.69, 9.17) is 23.2 Å². The van der Waals surface area contributed by atoms with Gasteiger partial charge in [-0.15, -0.1) is 10.2 Å². The predicted molar refractivity (Wildman–Crippen MR) is 110 cm³/mol. The molecule has 1 heterocycles. The standard InChI is InChI=1S/C18H19Cl2N3OS2/c1-10-6-4-5-7-11(10)9-25-17-23-22-16(26-17)21-15(24)14-12(8-13(19)20)18(14,2)3/h4-8,12,14H,9H2,1-3H3,(H,21,22,24). The molecule has 2 aromatic rings. The van der Waals surface area contributed by atoms with E-state index < -0.39 is 0 Å². The van der Waals surface area contributed by atoms with E-state index in [2.05, 4.69) is 34.6 Å². The predicted octanol–water partition coefficient (Wildman–Crippen LogP) is 5.67. The maximum atomic E-state index is 12.5. The van der Waals surface area contributed by atoms with Gasteiger partial charge in [-0.25, -0.2) is 0 Å². The van der Waals surface area contributed by atoms with Crippen LogP contribution in [-0.2, 0) is 10.5 Å². The Morgan fingerprint density at radius 3 is 2.77 bits per heavy atom. The van der Waals surface area contributed by atoms with Crippen molar-refractivity contribution < 1.29 is 4.79 Å². The average Bonchev–Trinajstić information content (AvgIpc) is 2.90. The Bertz CT molecular complexity index is 846. The third-order valence-corrected chi connectivity index (χ3v) is 7.02. The highest BCUT2D eigenvalue weighted by Crippen LogP contribution is 2.60. The fraction of sp³-hybridized carbons (Fsp3) is 0.389. The largest absolute Gasteiger partial charge is 0.300 e. The van der Waals surface area contributed by atoms with Gasteiger partial charge in [0.1, 0.15) is 4.49 Å². The van der Waals surface area contributed by atoms with Crippen LogP contribution in [0.4, 0.5) is 5.13 Å². The Morgan fingerprint density at radius 1 is 1.35 bits per heavy atom. The minimum Gasteiger partial charge on any atom is -0.300 e. The highest BCUT2D eigenvalue weighted by atomic mass is 35.5. The lowest BCUT2D eigenvalue weighted by atomic mass is 10.1. The van der Waals surface area contributed by atoms with Crippen molar-refractivity contribution in [1.82, 2.24) is 10.2 Å². The van der Waals surface area contributed by atoms with Gasteiger partial charge < -0.3 is 5.32 Å². The zero-order chi connectivity index (χ0) is 18.9. The summed E-state index contributed by atoms with van der Waals surface area (Å²) in [5.74, 6) is 0.626. The number of benzene rings is 1. The molecule has 0 bridgehead atoms. The zero-order valence-electron chi connectivity index (χ0n) is 14.6. The van der Waals surface area contributed by atoms with E-state index in [1.54, 1.807) is 17.8 Å². The molecule has 0 aliphatic heterocycles. The van der Waals surface area contributed by atoms with Crippen LogP contribution in [0.25, 0.3) is 0 Å². The quantitative estimate of drug-likeness (QED) is 0.476. The molecule has 138 valence electrons. The summed E-state index contributed by atoms with van der Waals surface area (Å²) >= 11 is 14.5. The SMILES string of the molecule is Cc1ccccc1CSc1nnc(NC(=O)C2C(C=C(Cl)Cl)C2(C)C)s1. The average molecular weight is 428 g/mol. The van der Waals surface area contributed by atoms with E-state index in [-0.39, 0.29) is 27.6 Å². The topological polar surface area (TPSA) is 54.9 Å². The second kappa shape index (κ2) is 7.89. The van der Waals surface area contributed by atoms with E-state index in [1.165, 1.54) is 22.5 Å². The Kier molecular flexibility index (Phi) is 5.97. The molecule has 1 aliphatic rings. The number of nitrogens with one attached hydrogen (secondary N) is 1. The first kappa shape index (κ1) is 19.7. The van der Waals surface area contributed by atoms with Gasteiger partial charge in [0.05, 0.1) is 5.92 Å². The van der Waals surface area contributed by atoms with Crippen molar-refractivity contribution in [2.24, 2.45) is 17.3 Å². The van der Waals surface area contributed by atoms with Crippen molar-refractivity contribution >= 4 is 57.3 Å². The number of hydrogen-bond donors (Lipinski definition) is 1. The van der Waals surface area contributed by atoms with Gasteiger partial charge in [0.2, 0.25) is 11.0 Å². The number of carbonyl (C=O) groups is 1. The lowest BCUT2D eigenvalue weighted by Crippen LogP contribution is -2.16. The number of anilines is 1. The summed E-state index contributed by atoms with van der Waals surface area (Å²) in [5.41, 5.74) is 2.36. The first-order valence-corrected chi connectivity index (χ1v) is 10.7. The second-order valence-electron chi connectivity index (χ2n) is 6.86. The van der Waals surface area contributed by atoms with Crippen LogP contribution in [0, 0.1) is 24.2 Å². The lowest BCUT2D eigenvalue weighted by molar-refractivity contribution is -0.118. The van der Waals surface area contributed by atoms with Crippen molar-refractivity contribution in [3.8, 4) is 0 Å². The van der Waals surface area contributed by atoms with Crippen LogP contribution in [0.5, 0.6) is 0 Å². The van der Waals surface area contributed by atoms with Gasteiger partial charge in [-0.3, -0.25) is 4.79 Å². The van der Waals surface area contributed by atoms with Crippen LogP contribution in [0.3, 0.4) is 0 Å². The van der Waals surface area contributed by atoms with Gasteiger partial charge in [0.15, 0.2) is 4.34 Å².